The molecular weight excluding hydrogens is 402 g/mol. The molecule has 0 unspecified atom stereocenters. The predicted octanol–water partition coefficient (Wildman–Crippen LogP) is 6.53. The highest BCUT2D eigenvalue weighted by molar-refractivity contribution is 6.04. The van der Waals surface area contributed by atoms with Crippen LogP contribution in [0.5, 0.6) is 0 Å². The number of hydrogen-bond acceptors (Lipinski definition) is 2. The van der Waals surface area contributed by atoms with Gasteiger partial charge in [-0.25, -0.2) is 0 Å². The Bertz CT molecular complexity index is 1130. The molecule has 0 bridgehead atoms. The highest BCUT2D eigenvalue weighted by Crippen LogP contribution is 2.36. The van der Waals surface area contributed by atoms with Crippen molar-refractivity contribution in [2.24, 2.45) is 0 Å². The van der Waals surface area contributed by atoms with Gasteiger partial charge in [0.2, 0.25) is 0 Å². The Kier molecular flexibility index (Phi) is 6.77. The number of benzene rings is 4. The van der Waals surface area contributed by atoms with Crippen molar-refractivity contribution in [2.45, 2.75) is 6.54 Å². The van der Waals surface area contributed by atoms with Gasteiger partial charge < -0.3 is 4.74 Å². The molecule has 2 heteroatoms. The van der Waals surface area contributed by atoms with Crippen LogP contribution < -0.4 is 0 Å². The van der Waals surface area contributed by atoms with Gasteiger partial charge in [-0.3, -0.25) is 4.90 Å². The fraction of sp³-hybridized carbons (Fsp3) is 0.161. The Hall–Kier alpha value is -3.46. The summed E-state index contributed by atoms with van der Waals surface area (Å²) in [5.41, 5.74) is 8.75. The monoisotopic (exact) mass is 431 g/mol. The summed E-state index contributed by atoms with van der Waals surface area (Å²) in [6.45, 7) is 4.64. The van der Waals surface area contributed by atoms with Gasteiger partial charge in [0, 0.05) is 19.6 Å². The Labute approximate surface area is 196 Å². The minimum absolute atomic E-state index is 0.830. The van der Waals surface area contributed by atoms with Crippen LogP contribution in [0.15, 0.2) is 115 Å². The first kappa shape index (κ1) is 21.4. The highest BCUT2D eigenvalue weighted by atomic mass is 16.5. The number of rotatable bonds is 6. The van der Waals surface area contributed by atoms with Gasteiger partial charge in [0.1, 0.15) is 0 Å². The summed E-state index contributed by atoms with van der Waals surface area (Å²) in [7, 11) is 0. The maximum absolute atomic E-state index is 5.50. The molecule has 1 aliphatic rings. The van der Waals surface area contributed by atoms with Crippen molar-refractivity contribution in [3.05, 3.63) is 143 Å². The molecule has 1 saturated heterocycles. The van der Waals surface area contributed by atoms with E-state index in [0.717, 1.165) is 32.8 Å². The Morgan fingerprint density at radius 3 is 1.33 bits per heavy atom. The maximum Gasteiger partial charge on any atom is 0.0594 e. The third-order valence-electron chi connectivity index (χ3n) is 6.19. The normalized spacial score (nSPS) is 14.1. The molecule has 0 aromatic heterocycles. The summed E-state index contributed by atoms with van der Waals surface area (Å²) in [6.07, 6.45) is 0. The first-order chi connectivity index (χ1) is 16.4. The number of morpholine rings is 1. The zero-order chi connectivity index (χ0) is 22.3. The average molecular weight is 432 g/mol. The van der Waals surface area contributed by atoms with Crippen LogP contribution in [0.3, 0.4) is 0 Å². The van der Waals surface area contributed by atoms with Crippen LogP contribution in [-0.2, 0) is 11.3 Å². The molecule has 1 aliphatic heterocycles. The van der Waals surface area contributed by atoms with E-state index in [2.05, 4.69) is 120 Å². The highest BCUT2D eigenvalue weighted by Gasteiger charge is 2.16. The van der Waals surface area contributed by atoms with E-state index in [-0.39, 0.29) is 0 Å². The van der Waals surface area contributed by atoms with Crippen molar-refractivity contribution in [3.8, 4) is 0 Å². The van der Waals surface area contributed by atoms with E-state index in [9.17, 15) is 0 Å². The molecule has 33 heavy (non-hydrogen) atoms. The molecule has 0 N–H and O–H groups in total. The van der Waals surface area contributed by atoms with E-state index in [1.807, 2.05) is 0 Å². The SMILES string of the molecule is c1ccc(C(=C(c2ccccc2)c2ccc(CN3CCOCC3)cc2)c2ccccc2)cc1. The second-order valence-electron chi connectivity index (χ2n) is 8.43. The fourth-order valence-electron chi connectivity index (χ4n) is 4.52. The summed E-state index contributed by atoms with van der Waals surface area (Å²) >= 11 is 0. The third-order valence-corrected chi connectivity index (χ3v) is 6.19. The minimum atomic E-state index is 0.830. The molecule has 1 fully saturated rings. The largest absolute Gasteiger partial charge is 0.379 e. The van der Waals surface area contributed by atoms with Crippen LogP contribution in [0.25, 0.3) is 11.1 Å². The fourth-order valence-corrected chi connectivity index (χ4v) is 4.52. The van der Waals surface area contributed by atoms with Crippen LogP contribution in [0.1, 0.15) is 27.8 Å². The van der Waals surface area contributed by atoms with Gasteiger partial charge >= 0.3 is 0 Å². The van der Waals surface area contributed by atoms with Gasteiger partial charge in [0.15, 0.2) is 0 Å². The van der Waals surface area contributed by atoms with Gasteiger partial charge in [0.25, 0.3) is 0 Å². The van der Waals surface area contributed by atoms with Gasteiger partial charge in [-0.05, 0) is 39.0 Å². The second-order valence-corrected chi connectivity index (χ2v) is 8.43. The first-order valence-corrected chi connectivity index (χ1v) is 11.7. The van der Waals surface area contributed by atoms with Crippen molar-refractivity contribution < 1.29 is 4.74 Å². The van der Waals surface area contributed by atoms with Crippen molar-refractivity contribution in [1.29, 1.82) is 0 Å². The molecule has 4 aromatic rings. The van der Waals surface area contributed by atoms with E-state index < -0.39 is 0 Å². The quantitative estimate of drug-likeness (QED) is 0.322. The van der Waals surface area contributed by atoms with E-state index in [4.69, 9.17) is 4.74 Å². The molecule has 0 atom stereocenters. The molecule has 0 spiro atoms. The molecule has 0 aliphatic carbocycles. The molecule has 4 aromatic carbocycles. The van der Waals surface area contributed by atoms with Gasteiger partial charge in [-0.2, -0.15) is 0 Å². The van der Waals surface area contributed by atoms with Crippen molar-refractivity contribution in [2.75, 3.05) is 26.3 Å². The van der Waals surface area contributed by atoms with Crippen molar-refractivity contribution >= 4 is 11.1 Å². The number of nitrogens with zero attached hydrogens (tertiary/aromatic N) is 1. The smallest absolute Gasteiger partial charge is 0.0594 e. The van der Waals surface area contributed by atoms with Crippen LogP contribution in [-0.4, -0.2) is 31.2 Å². The van der Waals surface area contributed by atoms with Gasteiger partial charge in [-0.1, -0.05) is 115 Å². The lowest BCUT2D eigenvalue weighted by Gasteiger charge is -2.26. The van der Waals surface area contributed by atoms with Crippen LogP contribution >= 0.6 is 0 Å². The lowest BCUT2D eigenvalue weighted by Crippen LogP contribution is -2.35. The third kappa shape index (κ3) is 5.14. The molecule has 2 nitrogen and oxygen atoms in total. The predicted molar refractivity (Wildman–Crippen MR) is 137 cm³/mol. The Balaban J connectivity index is 1.63. The molecular formula is C31H29NO. The maximum atomic E-state index is 5.50. The van der Waals surface area contributed by atoms with Crippen molar-refractivity contribution in [3.63, 3.8) is 0 Å². The zero-order valence-corrected chi connectivity index (χ0v) is 18.9. The molecule has 0 saturated carbocycles. The zero-order valence-electron chi connectivity index (χ0n) is 18.9. The van der Waals surface area contributed by atoms with Crippen LogP contribution in [0.4, 0.5) is 0 Å². The molecule has 1 heterocycles. The molecule has 0 radical (unpaired) electrons. The average Bonchev–Trinajstić information content (AvgIpc) is 2.90. The minimum Gasteiger partial charge on any atom is -0.379 e. The van der Waals surface area contributed by atoms with Gasteiger partial charge in [0.05, 0.1) is 13.2 Å². The summed E-state index contributed by atoms with van der Waals surface area (Å²) in [5, 5.41) is 0. The Morgan fingerprint density at radius 2 is 0.909 bits per heavy atom. The standard InChI is InChI=1S/C31H29NO/c1-4-10-26(11-5-1)30(27-12-6-2-7-13-27)31(28-14-8-3-9-15-28)29-18-16-25(17-19-29)24-32-20-22-33-23-21-32/h1-19H,20-24H2. The number of hydrogen-bond donors (Lipinski definition) is 0. The number of ether oxygens (including phenoxy) is 1. The summed E-state index contributed by atoms with van der Waals surface area (Å²) in [6, 6.07) is 41.3. The Morgan fingerprint density at radius 1 is 0.515 bits per heavy atom. The van der Waals surface area contributed by atoms with E-state index in [1.54, 1.807) is 0 Å². The van der Waals surface area contributed by atoms with E-state index in [0.29, 0.717) is 0 Å². The molecule has 164 valence electrons. The van der Waals surface area contributed by atoms with Crippen molar-refractivity contribution in [1.82, 2.24) is 4.90 Å². The summed E-state index contributed by atoms with van der Waals surface area (Å²) in [5.74, 6) is 0. The topological polar surface area (TPSA) is 12.5 Å². The molecule has 5 rings (SSSR count). The van der Waals surface area contributed by atoms with Crippen LogP contribution in [0.2, 0.25) is 0 Å². The second kappa shape index (κ2) is 10.4. The van der Waals surface area contributed by atoms with E-state index >= 15 is 0 Å². The van der Waals surface area contributed by atoms with E-state index in [1.165, 1.54) is 39.0 Å². The summed E-state index contributed by atoms with van der Waals surface area (Å²) in [4.78, 5) is 2.46. The van der Waals surface area contributed by atoms with Gasteiger partial charge in [-0.15, -0.1) is 0 Å². The summed E-state index contributed by atoms with van der Waals surface area (Å²) < 4.78 is 5.50. The lowest BCUT2D eigenvalue weighted by molar-refractivity contribution is 0.0342. The lowest BCUT2D eigenvalue weighted by atomic mass is 9.85. The van der Waals surface area contributed by atoms with Crippen LogP contribution in [0, 0.1) is 0 Å². The molecule has 0 amide bonds. The first-order valence-electron chi connectivity index (χ1n) is 11.7.